The predicted octanol–water partition coefficient (Wildman–Crippen LogP) is 2.60. The number of carbonyl (C=O) groups is 1. The van der Waals surface area contributed by atoms with Crippen LogP contribution in [0.25, 0.3) is 0 Å². The standard InChI is InChI=1S/C18H26O3/c1-17-8-7-15-13(14(17)4-5-16(17)20)3-2-11-10-12(19)6-9-18(11,15)21/h10,13-16,20-21H,2-9H2,1H3/t13?,14?,15?,16?,17-,18+/m0/s1. The van der Waals surface area contributed by atoms with Crippen LogP contribution in [0.5, 0.6) is 0 Å². The number of hydrogen-bond donors (Lipinski definition) is 2. The maximum Gasteiger partial charge on any atom is 0.155 e. The van der Waals surface area contributed by atoms with Gasteiger partial charge < -0.3 is 10.2 Å². The number of carbonyl (C=O) groups excluding carboxylic acids is 1. The Hall–Kier alpha value is -0.670. The largest absolute Gasteiger partial charge is 0.393 e. The molecule has 0 spiro atoms. The van der Waals surface area contributed by atoms with Gasteiger partial charge in [-0.2, -0.15) is 0 Å². The first-order valence-corrected chi connectivity index (χ1v) is 8.59. The zero-order chi connectivity index (χ0) is 14.8. The molecule has 3 nitrogen and oxygen atoms in total. The summed E-state index contributed by atoms with van der Waals surface area (Å²) in [5.41, 5.74) is 0.330. The van der Waals surface area contributed by atoms with E-state index in [2.05, 4.69) is 6.92 Å². The van der Waals surface area contributed by atoms with E-state index in [-0.39, 0.29) is 17.3 Å². The van der Waals surface area contributed by atoms with Crippen molar-refractivity contribution in [2.45, 2.75) is 70.0 Å². The van der Waals surface area contributed by atoms with E-state index < -0.39 is 5.60 Å². The molecule has 0 aliphatic heterocycles. The van der Waals surface area contributed by atoms with E-state index in [1.807, 2.05) is 0 Å². The maximum atomic E-state index is 11.7. The first kappa shape index (κ1) is 14.0. The Balaban J connectivity index is 1.69. The van der Waals surface area contributed by atoms with E-state index in [1.165, 1.54) is 0 Å². The van der Waals surface area contributed by atoms with Gasteiger partial charge in [-0.1, -0.05) is 6.92 Å². The van der Waals surface area contributed by atoms with Crippen molar-refractivity contribution in [2.24, 2.45) is 23.2 Å². The Morgan fingerprint density at radius 1 is 1.10 bits per heavy atom. The Morgan fingerprint density at radius 3 is 2.71 bits per heavy atom. The topological polar surface area (TPSA) is 57.5 Å². The molecule has 0 aromatic carbocycles. The molecule has 4 aliphatic rings. The van der Waals surface area contributed by atoms with Crippen molar-refractivity contribution >= 4 is 5.78 Å². The third-order valence-electron chi connectivity index (χ3n) is 7.39. The van der Waals surface area contributed by atoms with Gasteiger partial charge in [0.05, 0.1) is 11.7 Å². The van der Waals surface area contributed by atoms with E-state index in [4.69, 9.17) is 0 Å². The second-order valence-corrected chi connectivity index (χ2v) is 8.11. The van der Waals surface area contributed by atoms with E-state index in [1.54, 1.807) is 6.08 Å². The molecule has 3 fully saturated rings. The van der Waals surface area contributed by atoms with Crippen LogP contribution in [0.15, 0.2) is 11.6 Å². The fourth-order valence-electron chi connectivity index (χ4n) is 6.16. The van der Waals surface area contributed by atoms with E-state index in [9.17, 15) is 15.0 Å². The molecule has 21 heavy (non-hydrogen) atoms. The monoisotopic (exact) mass is 290 g/mol. The highest BCUT2D eigenvalue weighted by atomic mass is 16.3. The average Bonchev–Trinajstić information content (AvgIpc) is 2.76. The number of rotatable bonds is 0. The van der Waals surface area contributed by atoms with E-state index >= 15 is 0 Å². The highest BCUT2D eigenvalue weighted by molar-refractivity contribution is 5.92. The Morgan fingerprint density at radius 2 is 1.90 bits per heavy atom. The Bertz CT molecular complexity index is 511. The van der Waals surface area contributed by atoms with Crippen molar-refractivity contribution in [2.75, 3.05) is 0 Å². The molecular formula is C18H26O3. The fraction of sp³-hybridized carbons (Fsp3) is 0.833. The Kier molecular flexibility index (Phi) is 2.94. The SMILES string of the molecule is C[C@]12CCC3C(CCC4=CC(=O)CC[C@@]43O)C1CCC2O. The van der Waals surface area contributed by atoms with Crippen LogP contribution in [0, 0.1) is 23.2 Å². The lowest BCUT2D eigenvalue weighted by Crippen LogP contribution is -2.55. The summed E-state index contributed by atoms with van der Waals surface area (Å²) in [4.78, 5) is 11.7. The molecule has 3 heteroatoms. The number of aliphatic hydroxyl groups is 2. The molecule has 0 heterocycles. The number of hydrogen-bond acceptors (Lipinski definition) is 3. The molecule has 0 bridgehead atoms. The minimum atomic E-state index is -0.730. The predicted molar refractivity (Wildman–Crippen MR) is 79.6 cm³/mol. The van der Waals surface area contributed by atoms with Crippen molar-refractivity contribution < 1.29 is 15.0 Å². The minimum absolute atomic E-state index is 0.0588. The molecule has 0 aromatic heterocycles. The summed E-state index contributed by atoms with van der Waals surface area (Å²) in [7, 11) is 0. The third kappa shape index (κ3) is 1.77. The van der Waals surface area contributed by atoms with Gasteiger partial charge in [0.15, 0.2) is 5.78 Å². The van der Waals surface area contributed by atoms with Gasteiger partial charge in [-0.15, -0.1) is 0 Å². The fourth-order valence-corrected chi connectivity index (χ4v) is 6.16. The summed E-state index contributed by atoms with van der Waals surface area (Å²) in [6.07, 6.45) is 8.67. The van der Waals surface area contributed by atoms with Crippen LogP contribution in [-0.2, 0) is 4.79 Å². The van der Waals surface area contributed by atoms with Crippen LogP contribution in [0.1, 0.15) is 58.3 Å². The van der Waals surface area contributed by atoms with Gasteiger partial charge in [-0.3, -0.25) is 4.79 Å². The van der Waals surface area contributed by atoms with Crippen molar-refractivity contribution in [3.05, 3.63) is 11.6 Å². The quantitative estimate of drug-likeness (QED) is 0.721. The number of fused-ring (bicyclic) bond motifs is 5. The van der Waals surface area contributed by atoms with E-state index in [0.29, 0.717) is 30.6 Å². The van der Waals surface area contributed by atoms with Crippen LogP contribution in [0.4, 0.5) is 0 Å². The Labute approximate surface area is 126 Å². The van der Waals surface area contributed by atoms with Crippen molar-refractivity contribution in [1.29, 1.82) is 0 Å². The maximum absolute atomic E-state index is 11.7. The van der Waals surface area contributed by atoms with Gasteiger partial charge in [0.2, 0.25) is 0 Å². The lowest BCUT2D eigenvalue weighted by atomic mass is 9.50. The molecule has 116 valence electrons. The van der Waals surface area contributed by atoms with Crippen molar-refractivity contribution in [3.8, 4) is 0 Å². The zero-order valence-corrected chi connectivity index (χ0v) is 12.8. The first-order chi connectivity index (χ1) is 9.95. The van der Waals surface area contributed by atoms with Gasteiger partial charge in [0.25, 0.3) is 0 Å². The molecule has 4 aliphatic carbocycles. The third-order valence-corrected chi connectivity index (χ3v) is 7.39. The molecule has 0 radical (unpaired) electrons. The van der Waals surface area contributed by atoms with Crippen LogP contribution < -0.4 is 0 Å². The summed E-state index contributed by atoms with van der Waals surface area (Å²) in [6.45, 7) is 2.26. The van der Waals surface area contributed by atoms with Crippen molar-refractivity contribution in [3.63, 3.8) is 0 Å². The summed E-state index contributed by atoms with van der Waals surface area (Å²) < 4.78 is 0. The van der Waals surface area contributed by atoms with Crippen LogP contribution >= 0.6 is 0 Å². The smallest absolute Gasteiger partial charge is 0.155 e. The second-order valence-electron chi connectivity index (χ2n) is 8.11. The van der Waals surface area contributed by atoms with Gasteiger partial charge in [-0.05, 0) is 79.8 Å². The molecular weight excluding hydrogens is 264 g/mol. The first-order valence-electron chi connectivity index (χ1n) is 8.59. The minimum Gasteiger partial charge on any atom is -0.393 e. The normalized spacial score (nSPS) is 52.7. The van der Waals surface area contributed by atoms with Gasteiger partial charge in [-0.25, -0.2) is 0 Å². The number of aliphatic hydroxyl groups excluding tert-OH is 1. The second kappa shape index (κ2) is 4.42. The number of ketones is 1. The molecule has 4 unspecified atom stereocenters. The molecule has 0 saturated heterocycles. The summed E-state index contributed by atoms with van der Waals surface area (Å²) in [5, 5.41) is 21.7. The lowest BCUT2D eigenvalue weighted by Gasteiger charge is -2.56. The van der Waals surface area contributed by atoms with Gasteiger partial charge in [0.1, 0.15) is 0 Å². The highest BCUT2D eigenvalue weighted by Crippen LogP contribution is 2.62. The molecule has 0 aromatic rings. The average molecular weight is 290 g/mol. The van der Waals surface area contributed by atoms with Crippen molar-refractivity contribution in [1.82, 2.24) is 0 Å². The summed E-state index contributed by atoms with van der Waals surface area (Å²) >= 11 is 0. The molecule has 2 N–H and O–H groups in total. The summed E-state index contributed by atoms with van der Waals surface area (Å²) in [5.74, 6) is 1.56. The van der Waals surface area contributed by atoms with Crippen LogP contribution in [0.2, 0.25) is 0 Å². The van der Waals surface area contributed by atoms with E-state index in [0.717, 1.165) is 44.1 Å². The lowest BCUT2D eigenvalue weighted by molar-refractivity contribution is -0.129. The van der Waals surface area contributed by atoms with Crippen LogP contribution in [-0.4, -0.2) is 27.7 Å². The van der Waals surface area contributed by atoms with Crippen LogP contribution in [0.3, 0.4) is 0 Å². The molecule has 3 saturated carbocycles. The molecule has 0 amide bonds. The highest BCUT2D eigenvalue weighted by Gasteiger charge is 2.59. The zero-order valence-electron chi connectivity index (χ0n) is 12.8. The molecule has 6 atom stereocenters. The van der Waals surface area contributed by atoms with Gasteiger partial charge >= 0.3 is 0 Å². The van der Waals surface area contributed by atoms with Gasteiger partial charge in [0, 0.05) is 6.42 Å². The molecule has 4 rings (SSSR count). The summed E-state index contributed by atoms with van der Waals surface area (Å²) in [6, 6.07) is 0.